The molecule has 206 valence electrons. The quantitative estimate of drug-likeness (QED) is 0.255. The summed E-state index contributed by atoms with van der Waals surface area (Å²) in [6.07, 6.45) is 0.688. The van der Waals surface area contributed by atoms with Gasteiger partial charge in [-0.3, -0.25) is 14.5 Å². The van der Waals surface area contributed by atoms with Gasteiger partial charge in [-0.05, 0) is 43.2 Å². The number of aromatic nitrogens is 2. The van der Waals surface area contributed by atoms with E-state index in [2.05, 4.69) is 5.32 Å². The van der Waals surface area contributed by atoms with Crippen molar-refractivity contribution in [2.75, 3.05) is 37.5 Å². The third kappa shape index (κ3) is 6.09. The number of methoxy groups -OCH3 is 1. The van der Waals surface area contributed by atoms with Gasteiger partial charge < -0.3 is 10.1 Å². The van der Waals surface area contributed by atoms with Crippen molar-refractivity contribution in [3.05, 3.63) is 101 Å². The van der Waals surface area contributed by atoms with E-state index in [1.165, 1.54) is 11.8 Å². The molecule has 1 N–H and O–H groups in total. The number of ether oxygens (including phenoxy) is 1. The second-order valence-electron chi connectivity index (χ2n) is 9.62. The topological polar surface area (TPSA) is 76.5 Å². The van der Waals surface area contributed by atoms with Crippen LogP contribution in [-0.2, 0) is 14.3 Å². The molecule has 1 aromatic heterocycles. The van der Waals surface area contributed by atoms with Crippen LogP contribution in [0.3, 0.4) is 0 Å². The smallest absolute Gasteiger partial charge is 0.240 e. The fraction of sp³-hybridized carbons (Fsp3) is 0.258. The summed E-state index contributed by atoms with van der Waals surface area (Å²) in [6.45, 7) is 2.92. The summed E-state index contributed by atoms with van der Waals surface area (Å²) in [4.78, 5) is 28.4. The van der Waals surface area contributed by atoms with E-state index in [1.807, 2.05) is 85.8 Å². The number of nitrogens with one attached hydrogen (secondary N) is 1. The third-order valence-corrected chi connectivity index (χ3v) is 8.21. The number of carbonyl (C=O) groups excluding carboxylic acids is 2. The third-order valence-electron chi connectivity index (χ3n) is 6.72. The van der Waals surface area contributed by atoms with Crippen LogP contribution in [0.5, 0.6) is 0 Å². The highest BCUT2D eigenvalue weighted by Gasteiger charge is 2.37. The summed E-state index contributed by atoms with van der Waals surface area (Å²) < 4.78 is 6.90. The molecule has 0 saturated heterocycles. The minimum absolute atomic E-state index is 0.118. The Morgan fingerprint density at radius 2 is 1.88 bits per heavy atom. The van der Waals surface area contributed by atoms with Gasteiger partial charge in [0.2, 0.25) is 11.8 Å². The molecular weight excluding hydrogens is 544 g/mol. The van der Waals surface area contributed by atoms with Crippen LogP contribution in [-0.4, -0.2) is 54.2 Å². The van der Waals surface area contributed by atoms with Gasteiger partial charge in [0.1, 0.15) is 12.4 Å². The van der Waals surface area contributed by atoms with Crippen LogP contribution in [0.2, 0.25) is 5.02 Å². The molecule has 2 heterocycles. The van der Waals surface area contributed by atoms with E-state index in [-0.39, 0.29) is 29.4 Å². The number of rotatable bonds is 9. The highest BCUT2D eigenvalue weighted by molar-refractivity contribution is 8.00. The van der Waals surface area contributed by atoms with Gasteiger partial charge >= 0.3 is 0 Å². The highest BCUT2D eigenvalue weighted by atomic mass is 35.5. The Morgan fingerprint density at radius 3 is 2.60 bits per heavy atom. The fourth-order valence-electron chi connectivity index (χ4n) is 4.77. The van der Waals surface area contributed by atoms with E-state index in [9.17, 15) is 9.59 Å². The zero-order chi connectivity index (χ0) is 28.1. The predicted octanol–water partition coefficient (Wildman–Crippen LogP) is 5.82. The van der Waals surface area contributed by atoms with Crippen molar-refractivity contribution in [3.8, 4) is 16.9 Å². The van der Waals surface area contributed by atoms with Gasteiger partial charge in [0.25, 0.3) is 0 Å². The lowest BCUT2D eigenvalue weighted by molar-refractivity contribution is -0.122. The number of hydrogen-bond donors (Lipinski definition) is 1. The van der Waals surface area contributed by atoms with Gasteiger partial charge in [-0.1, -0.05) is 71.8 Å². The maximum Gasteiger partial charge on any atom is 0.240 e. The average molecular weight is 575 g/mol. The van der Waals surface area contributed by atoms with E-state index < -0.39 is 0 Å². The first-order valence-corrected chi connectivity index (χ1v) is 14.6. The van der Waals surface area contributed by atoms with Crippen LogP contribution >= 0.6 is 23.4 Å². The van der Waals surface area contributed by atoms with E-state index in [0.29, 0.717) is 30.4 Å². The molecule has 2 amide bonds. The Kier molecular flexibility index (Phi) is 8.89. The number of amides is 2. The van der Waals surface area contributed by atoms with Crippen LogP contribution in [0.25, 0.3) is 16.9 Å². The number of fused-ring (bicyclic) bond motifs is 1. The highest BCUT2D eigenvalue weighted by Crippen LogP contribution is 2.48. The summed E-state index contributed by atoms with van der Waals surface area (Å²) in [6, 6.07) is 25.7. The van der Waals surface area contributed by atoms with Crippen LogP contribution in [0.15, 0.2) is 78.9 Å². The van der Waals surface area contributed by atoms with Crippen molar-refractivity contribution < 1.29 is 14.3 Å². The summed E-state index contributed by atoms with van der Waals surface area (Å²) in [5.74, 6) is 0.398. The minimum atomic E-state index is -0.237. The van der Waals surface area contributed by atoms with Crippen LogP contribution in [0.1, 0.15) is 28.4 Å². The van der Waals surface area contributed by atoms with Crippen molar-refractivity contribution in [1.29, 1.82) is 0 Å². The molecule has 40 heavy (non-hydrogen) atoms. The molecule has 1 aliphatic heterocycles. The molecule has 7 nitrogen and oxygen atoms in total. The molecule has 1 aliphatic rings. The lowest BCUT2D eigenvalue weighted by atomic mass is 9.99. The molecule has 4 aromatic rings. The molecule has 0 fully saturated rings. The maximum absolute atomic E-state index is 13.8. The summed E-state index contributed by atoms with van der Waals surface area (Å²) in [5, 5.41) is 8.42. The van der Waals surface area contributed by atoms with Gasteiger partial charge in [0, 0.05) is 36.4 Å². The molecule has 0 saturated carbocycles. The Labute approximate surface area is 243 Å². The van der Waals surface area contributed by atoms with Crippen LogP contribution < -0.4 is 10.2 Å². The van der Waals surface area contributed by atoms with Crippen molar-refractivity contribution in [3.63, 3.8) is 0 Å². The molecule has 3 aromatic carbocycles. The molecule has 1 atom stereocenters. The molecule has 0 bridgehead atoms. The maximum atomic E-state index is 13.8. The van der Waals surface area contributed by atoms with E-state index in [4.69, 9.17) is 21.4 Å². The molecule has 5 rings (SSSR count). The molecule has 0 unspecified atom stereocenters. The standard InChI is InChI=1S/C31H31ClN4O3S/c1-21-12-14-25(15-13-21)36-31-28(29(34-36)22-8-4-3-5-9-22)30(23-10-6-11-24(32)18-23)40-20-27(38)35(31)19-26(37)33-16-7-17-39-2/h3-6,8-15,18,30H,7,16-17,19-20H2,1-2H3,(H,33,37)/t30-/m0/s1. The lowest BCUT2D eigenvalue weighted by Gasteiger charge is -2.23. The Hall–Kier alpha value is -3.59. The molecule has 0 radical (unpaired) electrons. The average Bonchev–Trinajstić information content (AvgIpc) is 3.28. The van der Waals surface area contributed by atoms with Gasteiger partial charge in [-0.2, -0.15) is 5.10 Å². The number of carbonyl (C=O) groups is 2. The molecular formula is C31H31ClN4O3S. The zero-order valence-electron chi connectivity index (χ0n) is 22.5. The Morgan fingerprint density at radius 1 is 1.10 bits per heavy atom. The van der Waals surface area contributed by atoms with Gasteiger partial charge in [-0.15, -0.1) is 11.8 Å². The number of halogens is 1. The summed E-state index contributed by atoms with van der Waals surface area (Å²) in [5.41, 5.74) is 5.44. The predicted molar refractivity (Wildman–Crippen MR) is 161 cm³/mol. The number of hydrogen-bond acceptors (Lipinski definition) is 5. The Bertz CT molecular complexity index is 1490. The largest absolute Gasteiger partial charge is 0.385 e. The van der Waals surface area contributed by atoms with Gasteiger partial charge in [0.15, 0.2) is 0 Å². The van der Waals surface area contributed by atoms with E-state index in [0.717, 1.165) is 33.6 Å². The van der Waals surface area contributed by atoms with Gasteiger partial charge in [-0.25, -0.2) is 4.68 Å². The number of aryl methyl sites for hydroxylation is 1. The summed E-state index contributed by atoms with van der Waals surface area (Å²) >= 11 is 7.95. The van der Waals surface area contributed by atoms with Crippen molar-refractivity contribution in [2.24, 2.45) is 0 Å². The SMILES string of the molecule is COCCCNC(=O)CN1C(=O)CS[C@@H](c2cccc(Cl)c2)c2c(-c3ccccc3)nn(-c3ccc(C)cc3)c21. The first-order chi connectivity index (χ1) is 19.5. The summed E-state index contributed by atoms with van der Waals surface area (Å²) in [7, 11) is 1.63. The Balaban J connectivity index is 1.71. The first-order valence-electron chi connectivity index (χ1n) is 13.1. The van der Waals surface area contributed by atoms with E-state index in [1.54, 1.807) is 16.7 Å². The van der Waals surface area contributed by atoms with E-state index >= 15 is 0 Å². The lowest BCUT2D eigenvalue weighted by Crippen LogP contribution is -2.42. The minimum Gasteiger partial charge on any atom is -0.385 e. The first kappa shape index (κ1) is 28.0. The van der Waals surface area contributed by atoms with Crippen molar-refractivity contribution in [2.45, 2.75) is 18.6 Å². The number of nitrogens with zero attached hydrogens (tertiary/aromatic N) is 3. The van der Waals surface area contributed by atoms with Crippen molar-refractivity contribution in [1.82, 2.24) is 15.1 Å². The fourth-order valence-corrected chi connectivity index (χ4v) is 6.16. The van der Waals surface area contributed by atoms with Crippen LogP contribution in [0.4, 0.5) is 5.82 Å². The number of anilines is 1. The van der Waals surface area contributed by atoms with Gasteiger partial charge in [0.05, 0.1) is 22.4 Å². The monoisotopic (exact) mass is 574 g/mol. The normalized spacial score (nSPS) is 15.0. The molecule has 0 spiro atoms. The molecule has 0 aliphatic carbocycles. The number of benzene rings is 3. The molecule has 9 heteroatoms. The van der Waals surface area contributed by atoms with Crippen LogP contribution in [0, 0.1) is 6.92 Å². The zero-order valence-corrected chi connectivity index (χ0v) is 24.0. The second-order valence-corrected chi connectivity index (χ2v) is 11.2. The number of thioether (sulfide) groups is 1. The second kappa shape index (κ2) is 12.7. The van der Waals surface area contributed by atoms with Crippen molar-refractivity contribution >= 4 is 41.0 Å².